The molecule has 2 unspecified atom stereocenters. The topological polar surface area (TPSA) is 32.8 Å². The molecule has 4 heteroatoms. The zero-order valence-electron chi connectivity index (χ0n) is 13.5. The van der Waals surface area contributed by atoms with Crippen LogP contribution in [0.1, 0.15) is 30.1 Å². The monoisotopic (exact) mass is 290 g/mol. The van der Waals surface area contributed by atoms with Crippen LogP contribution in [-0.2, 0) is 0 Å². The Labute approximate surface area is 127 Å². The van der Waals surface area contributed by atoms with Crippen molar-refractivity contribution in [2.75, 3.05) is 34.3 Å². The van der Waals surface area contributed by atoms with Gasteiger partial charge in [-0.25, -0.2) is 0 Å². The Morgan fingerprint density at radius 3 is 2.62 bits per heavy atom. The molecule has 2 atom stereocenters. The van der Waals surface area contributed by atoms with Gasteiger partial charge in [0.05, 0.1) is 13.2 Å². The van der Waals surface area contributed by atoms with E-state index in [1.165, 1.54) is 12.8 Å². The molecule has 2 rings (SSSR count). The van der Waals surface area contributed by atoms with Crippen LogP contribution in [0, 0.1) is 0 Å². The molecule has 0 amide bonds. The Bertz CT molecular complexity index is 472. The number of rotatable bonds is 5. The summed E-state index contributed by atoms with van der Waals surface area (Å²) in [6, 6.07) is 7.73. The maximum Gasteiger partial charge on any atom is 0.179 e. The minimum atomic E-state index is -0.102. The van der Waals surface area contributed by atoms with Crippen LogP contribution in [0.15, 0.2) is 24.3 Å². The Hall–Kier alpha value is -1.39. The lowest BCUT2D eigenvalue weighted by Gasteiger charge is -2.38. The second kappa shape index (κ2) is 7.05. The van der Waals surface area contributed by atoms with Crippen LogP contribution in [0.5, 0.6) is 5.75 Å². The molecule has 0 spiro atoms. The van der Waals surface area contributed by atoms with E-state index in [9.17, 15) is 4.79 Å². The summed E-state index contributed by atoms with van der Waals surface area (Å²) in [6.07, 6.45) is 2.37. The van der Waals surface area contributed by atoms with Crippen molar-refractivity contribution in [2.24, 2.45) is 0 Å². The van der Waals surface area contributed by atoms with Gasteiger partial charge >= 0.3 is 0 Å². The third kappa shape index (κ3) is 3.83. The lowest BCUT2D eigenvalue weighted by atomic mass is 9.99. The number of likely N-dealkylation sites (N-methyl/N-ethyl adjacent to an activating group) is 2. The van der Waals surface area contributed by atoms with Crippen molar-refractivity contribution in [3.05, 3.63) is 29.8 Å². The summed E-state index contributed by atoms with van der Waals surface area (Å²) in [7, 11) is 5.85. The molecule has 1 fully saturated rings. The zero-order chi connectivity index (χ0) is 15.4. The van der Waals surface area contributed by atoms with Crippen LogP contribution in [-0.4, -0.2) is 62.0 Å². The van der Waals surface area contributed by atoms with E-state index < -0.39 is 0 Å². The molecule has 1 heterocycles. The zero-order valence-corrected chi connectivity index (χ0v) is 13.5. The van der Waals surface area contributed by atoms with Crippen LogP contribution in [0.4, 0.5) is 0 Å². The number of piperidine rings is 1. The van der Waals surface area contributed by atoms with E-state index in [0.29, 0.717) is 6.04 Å². The second-order valence-corrected chi connectivity index (χ2v) is 5.99. The predicted molar refractivity (Wildman–Crippen MR) is 85.1 cm³/mol. The van der Waals surface area contributed by atoms with E-state index in [-0.39, 0.29) is 11.8 Å². The number of likely N-dealkylation sites (tertiary alicyclic amines) is 1. The summed E-state index contributed by atoms with van der Waals surface area (Å²) in [6.45, 7) is 4.20. The summed E-state index contributed by atoms with van der Waals surface area (Å²) in [4.78, 5) is 17.2. The third-order valence-electron chi connectivity index (χ3n) is 4.54. The molecule has 0 saturated carbocycles. The largest absolute Gasteiger partial charge is 0.497 e. The Morgan fingerprint density at radius 2 is 2.05 bits per heavy atom. The SMILES string of the molecule is COc1ccc(C(=O)C(C)N(C)C2CCCN(C)C2)cc1. The number of Topliss-reactive ketones (excluding diaryl/α,β-unsaturated/α-hetero) is 1. The van der Waals surface area contributed by atoms with Crippen molar-refractivity contribution >= 4 is 5.78 Å². The van der Waals surface area contributed by atoms with E-state index in [1.807, 2.05) is 31.2 Å². The molecule has 0 bridgehead atoms. The van der Waals surface area contributed by atoms with Gasteiger partial charge in [0.25, 0.3) is 0 Å². The fourth-order valence-electron chi connectivity index (χ4n) is 2.97. The quantitative estimate of drug-likeness (QED) is 0.779. The van der Waals surface area contributed by atoms with Gasteiger partial charge in [-0.05, 0) is 64.7 Å². The van der Waals surface area contributed by atoms with Crippen LogP contribution >= 0.6 is 0 Å². The number of hydrogen-bond donors (Lipinski definition) is 0. The number of ether oxygens (including phenoxy) is 1. The minimum absolute atomic E-state index is 0.102. The smallest absolute Gasteiger partial charge is 0.179 e. The van der Waals surface area contributed by atoms with Crippen molar-refractivity contribution in [1.29, 1.82) is 0 Å². The highest BCUT2D eigenvalue weighted by Crippen LogP contribution is 2.19. The van der Waals surface area contributed by atoms with E-state index >= 15 is 0 Å². The average molecular weight is 290 g/mol. The van der Waals surface area contributed by atoms with Gasteiger partial charge in [0.1, 0.15) is 5.75 Å². The van der Waals surface area contributed by atoms with Gasteiger partial charge in [0.15, 0.2) is 5.78 Å². The van der Waals surface area contributed by atoms with Crippen LogP contribution in [0.3, 0.4) is 0 Å². The maximum atomic E-state index is 12.6. The van der Waals surface area contributed by atoms with Crippen molar-refractivity contribution in [3.8, 4) is 5.75 Å². The first kappa shape index (κ1) is 16.0. The lowest BCUT2D eigenvalue weighted by Crippen LogP contribution is -2.50. The molecule has 21 heavy (non-hydrogen) atoms. The molecular weight excluding hydrogens is 264 g/mol. The van der Waals surface area contributed by atoms with Gasteiger partial charge in [0, 0.05) is 18.2 Å². The molecule has 0 radical (unpaired) electrons. The highest BCUT2D eigenvalue weighted by atomic mass is 16.5. The fourth-order valence-corrected chi connectivity index (χ4v) is 2.97. The van der Waals surface area contributed by atoms with E-state index in [4.69, 9.17) is 4.74 Å². The fraction of sp³-hybridized carbons (Fsp3) is 0.588. The van der Waals surface area contributed by atoms with Gasteiger partial charge < -0.3 is 9.64 Å². The van der Waals surface area contributed by atoms with Crippen molar-refractivity contribution in [3.63, 3.8) is 0 Å². The number of carbonyl (C=O) groups is 1. The molecule has 4 nitrogen and oxygen atoms in total. The van der Waals surface area contributed by atoms with Crippen LogP contribution in [0.25, 0.3) is 0 Å². The van der Waals surface area contributed by atoms with Crippen molar-refractivity contribution in [2.45, 2.75) is 31.8 Å². The highest BCUT2D eigenvalue weighted by molar-refractivity contribution is 5.99. The predicted octanol–water partition coefficient (Wildman–Crippen LogP) is 2.29. The third-order valence-corrected chi connectivity index (χ3v) is 4.54. The number of methoxy groups -OCH3 is 1. The first-order chi connectivity index (χ1) is 10.0. The number of benzene rings is 1. The van der Waals surface area contributed by atoms with Crippen molar-refractivity contribution in [1.82, 2.24) is 9.80 Å². The number of nitrogens with zero attached hydrogens (tertiary/aromatic N) is 2. The number of carbonyl (C=O) groups excluding carboxylic acids is 1. The Morgan fingerprint density at radius 1 is 1.38 bits per heavy atom. The standard InChI is InChI=1S/C17H26N2O2/c1-13(19(3)15-6-5-11-18(2)12-15)17(20)14-7-9-16(21-4)10-8-14/h7-10,13,15H,5-6,11-12H2,1-4H3. The molecule has 1 aromatic rings. The van der Waals surface area contributed by atoms with Gasteiger partial charge in [-0.3, -0.25) is 9.69 Å². The summed E-state index contributed by atoms with van der Waals surface area (Å²) >= 11 is 0. The Kier molecular flexibility index (Phi) is 5.37. The lowest BCUT2D eigenvalue weighted by molar-refractivity contribution is 0.0709. The van der Waals surface area contributed by atoms with Gasteiger partial charge in [0.2, 0.25) is 0 Å². The summed E-state index contributed by atoms with van der Waals surface area (Å²) in [5, 5.41) is 0. The highest BCUT2D eigenvalue weighted by Gasteiger charge is 2.28. The molecule has 1 saturated heterocycles. The number of hydrogen-bond acceptors (Lipinski definition) is 4. The van der Waals surface area contributed by atoms with Gasteiger partial charge in [-0.15, -0.1) is 0 Å². The first-order valence-electron chi connectivity index (χ1n) is 7.61. The Balaban J connectivity index is 2.03. The van der Waals surface area contributed by atoms with Gasteiger partial charge in [-0.1, -0.05) is 0 Å². The molecule has 1 aliphatic rings. The minimum Gasteiger partial charge on any atom is -0.497 e. The molecule has 0 N–H and O–H groups in total. The molecule has 1 aliphatic heterocycles. The molecule has 0 aliphatic carbocycles. The van der Waals surface area contributed by atoms with E-state index in [2.05, 4.69) is 23.9 Å². The molecule has 116 valence electrons. The molecular formula is C17H26N2O2. The van der Waals surface area contributed by atoms with E-state index in [0.717, 1.165) is 24.4 Å². The summed E-state index contributed by atoms with van der Waals surface area (Å²) in [5.41, 5.74) is 0.749. The summed E-state index contributed by atoms with van der Waals surface area (Å²) in [5.74, 6) is 0.954. The maximum absolute atomic E-state index is 12.6. The molecule has 1 aromatic carbocycles. The van der Waals surface area contributed by atoms with E-state index in [1.54, 1.807) is 7.11 Å². The molecule has 0 aromatic heterocycles. The van der Waals surface area contributed by atoms with Crippen LogP contribution < -0.4 is 4.74 Å². The van der Waals surface area contributed by atoms with Crippen LogP contribution in [0.2, 0.25) is 0 Å². The normalized spacial score (nSPS) is 21.3. The van der Waals surface area contributed by atoms with Gasteiger partial charge in [-0.2, -0.15) is 0 Å². The second-order valence-electron chi connectivity index (χ2n) is 5.99. The van der Waals surface area contributed by atoms with Crippen molar-refractivity contribution < 1.29 is 9.53 Å². The number of ketones is 1. The average Bonchev–Trinajstić information content (AvgIpc) is 2.53. The first-order valence-corrected chi connectivity index (χ1v) is 7.61. The summed E-state index contributed by atoms with van der Waals surface area (Å²) < 4.78 is 5.14.